The summed E-state index contributed by atoms with van der Waals surface area (Å²) < 4.78 is 6.56. The molecule has 0 amide bonds. The molecule has 1 aliphatic heterocycles. The summed E-state index contributed by atoms with van der Waals surface area (Å²) in [5.41, 5.74) is 12.2. The van der Waals surface area contributed by atoms with E-state index in [1.165, 1.54) is 27.7 Å². The quantitative estimate of drug-likeness (QED) is 0.244. The Bertz CT molecular complexity index is 2260. The lowest BCUT2D eigenvalue weighted by Gasteiger charge is -2.26. The monoisotopic (exact) mass is 538 g/mol. The third-order valence-corrected chi connectivity index (χ3v) is 8.72. The second-order valence-corrected chi connectivity index (χ2v) is 11.2. The number of rotatable bonds is 3. The first-order valence-corrected chi connectivity index (χ1v) is 14.5. The van der Waals surface area contributed by atoms with Crippen molar-refractivity contribution >= 4 is 44.4 Å². The highest BCUT2D eigenvalue weighted by molar-refractivity contribution is 6.19. The number of nitrogens with one attached hydrogen (secondary N) is 1. The minimum Gasteiger partial charge on any atom is -0.455 e. The molecule has 1 N–H and O–H groups in total. The highest BCUT2D eigenvalue weighted by Gasteiger charge is 2.23. The van der Waals surface area contributed by atoms with Crippen molar-refractivity contribution in [2.75, 3.05) is 0 Å². The van der Waals surface area contributed by atoms with Crippen LogP contribution in [0.25, 0.3) is 66.7 Å². The number of benzene rings is 4. The van der Waals surface area contributed by atoms with E-state index in [-0.39, 0.29) is 6.04 Å². The Hall–Kier alpha value is -5.41. The van der Waals surface area contributed by atoms with Crippen molar-refractivity contribution in [3.8, 4) is 22.4 Å². The van der Waals surface area contributed by atoms with Crippen LogP contribution < -0.4 is 5.32 Å². The van der Waals surface area contributed by atoms with E-state index in [1.807, 2.05) is 12.3 Å². The summed E-state index contributed by atoms with van der Waals surface area (Å²) >= 11 is 0. The van der Waals surface area contributed by atoms with Crippen LogP contribution in [0.4, 0.5) is 0 Å². The van der Waals surface area contributed by atoms with Crippen LogP contribution in [0.15, 0.2) is 138 Å². The standard InChI is InChI=1S/C39H26N2O/c1-2-8-24(7-1)27-16-18-31-34-23-33(30-12-3-4-13-32(30)39(34)42-36(31)22-27)28-9-5-10-29(21-28)35-19-17-26-15-14-25-11-6-20-40-37(25)38(26)41-35/h1,3-23,37,40H,2H2. The Morgan fingerprint density at radius 1 is 0.738 bits per heavy atom. The van der Waals surface area contributed by atoms with Crippen LogP contribution in [0, 0.1) is 0 Å². The van der Waals surface area contributed by atoms with Crippen molar-refractivity contribution in [1.82, 2.24) is 10.3 Å². The first-order valence-electron chi connectivity index (χ1n) is 14.5. The van der Waals surface area contributed by atoms with E-state index < -0.39 is 0 Å². The van der Waals surface area contributed by atoms with Gasteiger partial charge in [0.05, 0.1) is 17.4 Å². The van der Waals surface area contributed by atoms with E-state index in [0.29, 0.717) is 0 Å². The highest BCUT2D eigenvalue weighted by Crippen LogP contribution is 2.41. The molecule has 3 aliphatic rings. The number of aromatic nitrogens is 1. The largest absolute Gasteiger partial charge is 0.455 e. The Morgan fingerprint density at radius 3 is 2.60 bits per heavy atom. The van der Waals surface area contributed by atoms with Crippen LogP contribution in [0.2, 0.25) is 0 Å². The summed E-state index contributed by atoms with van der Waals surface area (Å²) in [6.07, 6.45) is 18.2. The first-order chi connectivity index (χ1) is 20.8. The fourth-order valence-electron chi connectivity index (χ4n) is 6.63. The average molecular weight is 539 g/mol. The molecule has 3 heteroatoms. The minimum absolute atomic E-state index is 0.0837. The molecule has 0 saturated heterocycles. The van der Waals surface area contributed by atoms with Crippen molar-refractivity contribution in [3.05, 3.63) is 150 Å². The lowest BCUT2D eigenvalue weighted by atomic mass is 9.90. The topological polar surface area (TPSA) is 38.1 Å². The molecular formula is C39H26N2O. The molecule has 9 rings (SSSR count). The molecule has 2 aromatic heterocycles. The molecule has 0 radical (unpaired) electrons. The number of hydrogen-bond donors (Lipinski definition) is 1. The molecule has 3 heterocycles. The Kier molecular flexibility index (Phi) is 5.02. The Morgan fingerprint density at radius 2 is 1.67 bits per heavy atom. The smallest absolute Gasteiger partial charge is 0.143 e. The van der Waals surface area contributed by atoms with Crippen molar-refractivity contribution in [2.45, 2.75) is 12.5 Å². The van der Waals surface area contributed by atoms with Crippen LogP contribution in [0.3, 0.4) is 0 Å². The average Bonchev–Trinajstić information content (AvgIpc) is 3.73. The van der Waals surface area contributed by atoms with Gasteiger partial charge in [-0.1, -0.05) is 91.1 Å². The molecule has 3 nitrogen and oxygen atoms in total. The van der Waals surface area contributed by atoms with Gasteiger partial charge in [-0.3, -0.25) is 0 Å². The summed E-state index contributed by atoms with van der Waals surface area (Å²) in [7, 11) is 0. The molecule has 198 valence electrons. The molecule has 0 bridgehead atoms. The number of nitrogens with zero attached hydrogens (tertiary/aromatic N) is 1. The number of furan rings is 1. The Labute approximate surface area is 243 Å². The van der Waals surface area contributed by atoms with Crippen molar-refractivity contribution < 1.29 is 4.42 Å². The van der Waals surface area contributed by atoms with Gasteiger partial charge in [0.2, 0.25) is 0 Å². The van der Waals surface area contributed by atoms with Gasteiger partial charge >= 0.3 is 0 Å². The van der Waals surface area contributed by atoms with E-state index in [0.717, 1.165) is 61.8 Å². The fourth-order valence-corrected chi connectivity index (χ4v) is 6.63. The second kappa shape index (κ2) is 9.05. The van der Waals surface area contributed by atoms with E-state index in [1.54, 1.807) is 0 Å². The minimum atomic E-state index is 0.0837. The lowest BCUT2D eigenvalue weighted by Crippen LogP contribution is -2.23. The van der Waals surface area contributed by atoms with Crippen LogP contribution in [0.5, 0.6) is 0 Å². The summed E-state index contributed by atoms with van der Waals surface area (Å²) in [5, 5.41) is 8.07. The zero-order valence-electron chi connectivity index (χ0n) is 22.8. The van der Waals surface area contributed by atoms with Gasteiger partial charge in [0.1, 0.15) is 11.2 Å². The first kappa shape index (κ1) is 23.3. The van der Waals surface area contributed by atoms with E-state index in [2.05, 4.69) is 127 Å². The molecule has 0 saturated carbocycles. The maximum Gasteiger partial charge on any atom is 0.143 e. The zero-order chi connectivity index (χ0) is 27.6. The van der Waals surface area contributed by atoms with Gasteiger partial charge in [-0.15, -0.1) is 0 Å². The van der Waals surface area contributed by atoms with Crippen LogP contribution in [-0.2, 0) is 0 Å². The van der Waals surface area contributed by atoms with Gasteiger partial charge in [0.25, 0.3) is 0 Å². The molecular weight excluding hydrogens is 512 g/mol. The Balaban J connectivity index is 1.20. The summed E-state index contributed by atoms with van der Waals surface area (Å²) in [4.78, 5) is 5.18. The zero-order valence-corrected chi connectivity index (χ0v) is 22.8. The molecule has 6 aromatic rings. The van der Waals surface area contributed by atoms with Gasteiger partial charge in [-0.05, 0) is 87.8 Å². The lowest BCUT2D eigenvalue weighted by molar-refractivity contribution is 0.672. The number of allylic oxidation sites excluding steroid dienone is 6. The maximum absolute atomic E-state index is 6.56. The summed E-state index contributed by atoms with van der Waals surface area (Å²) in [5.74, 6) is 0. The van der Waals surface area contributed by atoms with Gasteiger partial charge in [0, 0.05) is 21.7 Å². The number of dihydropyridines is 1. The molecule has 0 fully saturated rings. The van der Waals surface area contributed by atoms with Crippen molar-refractivity contribution in [1.29, 1.82) is 0 Å². The summed E-state index contributed by atoms with van der Waals surface area (Å²) in [6.45, 7) is 0. The van der Waals surface area contributed by atoms with E-state index in [4.69, 9.17) is 9.40 Å². The third-order valence-electron chi connectivity index (χ3n) is 8.72. The molecule has 1 atom stereocenters. The molecule has 42 heavy (non-hydrogen) atoms. The maximum atomic E-state index is 6.56. The van der Waals surface area contributed by atoms with Crippen LogP contribution in [0.1, 0.15) is 29.3 Å². The number of pyridine rings is 1. The van der Waals surface area contributed by atoms with Crippen LogP contribution in [-0.4, -0.2) is 4.98 Å². The molecule has 2 aliphatic carbocycles. The molecule has 1 unspecified atom stereocenters. The third kappa shape index (κ3) is 3.57. The highest BCUT2D eigenvalue weighted by atomic mass is 16.3. The predicted octanol–water partition coefficient (Wildman–Crippen LogP) is 9.92. The second-order valence-electron chi connectivity index (χ2n) is 11.2. The SMILES string of the molecule is C1=CNC2C(=C1)C=Cc1ccc(-c3cccc(-c4cc5c6ccc(C7=CCC=C7)cc6oc5c5ccccc45)c3)nc12. The normalized spacial score (nSPS) is 16.9. The fraction of sp³-hybridized carbons (Fsp3) is 0.0513. The van der Waals surface area contributed by atoms with Crippen molar-refractivity contribution in [2.24, 2.45) is 0 Å². The van der Waals surface area contributed by atoms with E-state index in [9.17, 15) is 0 Å². The number of fused-ring (bicyclic) bond motifs is 8. The number of hydrogen-bond acceptors (Lipinski definition) is 3. The van der Waals surface area contributed by atoms with Crippen molar-refractivity contribution in [3.63, 3.8) is 0 Å². The summed E-state index contributed by atoms with van der Waals surface area (Å²) in [6, 6.07) is 30.6. The molecule has 4 aromatic carbocycles. The van der Waals surface area contributed by atoms with Gasteiger partial charge in [0.15, 0.2) is 0 Å². The predicted molar refractivity (Wildman–Crippen MR) is 174 cm³/mol. The van der Waals surface area contributed by atoms with Gasteiger partial charge in [-0.2, -0.15) is 0 Å². The van der Waals surface area contributed by atoms with Crippen LogP contribution >= 0.6 is 0 Å². The van der Waals surface area contributed by atoms with Gasteiger partial charge in [-0.25, -0.2) is 4.98 Å². The van der Waals surface area contributed by atoms with E-state index >= 15 is 0 Å². The van der Waals surface area contributed by atoms with Gasteiger partial charge < -0.3 is 9.73 Å². The molecule has 0 spiro atoms.